The Morgan fingerprint density at radius 1 is 1.09 bits per heavy atom. The fraction of sp³-hybridized carbons (Fsp3) is 0.320. The van der Waals surface area contributed by atoms with Gasteiger partial charge in [0.05, 0.1) is 21.6 Å². The van der Waals surface area contributed by atoms with E-state index in [2.05, 4.69) is 57.9 Å². The van der Waals surface area contributed by atoms with Crippen molar-refractivity contribution >= 4 is 28.9 Å². The topological polar surface area (TPSA) is 47.2 Å². The number of aromatic amines is 1. The lowest BCUT2D eigenvalue weighted by Gasteiger charge is -2.43. The van der Waals surface area contributed by atoms with Crippen molar-refractivity contribution in [3.05, 3.63) is 81.9 Å². The van der Waals surface area contributed by atoms with Crippen LogP contribution in [0.5, 0.6) is 0 Å². The normalized spacial score (nSPS) is 17.3. The number of imidazole rings is 1. The minimum atomic E-state index is 0.506. The molecule has 0 spiro atoms. The molecule has 1 saturated heterocycles. The Hall–Kier alpha value is -2.47. The smallest absolute Gasteiger partial charge is 0.137 e. The number of hydrogen-bond donors (Lipinski definition) is 2. The van der Waals surface area contributed by atoms with Crippen molar-refractivity contribution in [2.45, 2.75) is 38.9 Å². The summed E-state index contributed by atoms with van der Waals surface area (Å²) in [6, 6.07) is 14.6. The maximum absolute atomic E-state index is 6.19. The Balaban J connectivity index is 1.22. The molecule has 2 aliphatic heterocycles. The molecule has 0 unspecified atom stereocenters. The molecule has 2 aromatic carbocycles. The number of para-hydroxylation sites is 1. The molecule has 0 aliphatic carbocycles. The average molecular weight is 468 g/mol. The molecule has 5 rings (SSSR count). The summed E-state index contributed by atoms with van der Waals surface area (Å²) < 4.78 is 0. The molecule has 0 amide bonds. The van der Waals surface area contributed by atoms with Gasteiger partial charge in [0.25, 0.3) is 0 Å². The van der Waals surface area contributed by atoms with Gasteiger partial charge in [-0.25, -0.2) is 4.98 Å². The Bertz CT molecular complexity index is 1150. The molecule has 0 bridgehead atoms. The van der Waals surface area contributed by atoms with E-state index in [1.165, 1.54) is 11.3 Å². The molecule has 0 saturated carbocycles. The highest BCUT2D eigenvalue weighted by molar-refractivity contribution is 6.42. The molecule has 7 heteroatoms. The molecule has 2 aliphatic rings. The number of aryl methyl sites for hydroxylation is 1. The van der Waals surface area contributed by atoms with E-state index in [9.17, 15) is 0 Å². The molecule has 0 atom stereocenters. The number of piperidine rings is 1. The fourth-order valence-corrected chi connectivity index (χ4v) is 4.97. The van der Waals surface area contributed by atoms with Crippen LogP contribution in [-0.4, -0.2) is 38.9 Å². The van der Waals surface area contributed by atoms with Crippen LogP contribution >= 0.6 is 23.2 Å². The molecule has 3 heterocycles. The minimum absolute atomic E-state index is 0.506. The van der Waals surface area contributed by atoms with Crippen LogP contribution in [0, 0.1) is 6.92 Å². The van der Waals surface area contributed by atoms with Crippen molar-refractivity contribution < 1.29 is 0 Å². The molecule has 166 valence electrons. The third kappa shape index (κ3) is 4.25. The van der Waals surface area contributed by atoms with Gasteiger partial charge in [-0.2, -0.15) is 0 Å². The third-order valence-electron chi connectivity index (χ3n) is 6.53. The molecular weight excluding hydrogens is 441 g/mol. The second-order valence-corrected chi connectivity index (χ2v) is 9.46. The number of hydrogen-bond acceptors (Lipinski definition) is 4. The summed E-state index contributed by atoms with van der Waals surface area (Å²) in [6.07, 6.45) is 2.23. The highest BCUT2D eigenvalue weighted by Gasteiger charge is 2.29. The highest BCUT2D eigenvalue weighted by atomic mass is 35.5. The van der Waals surface area contributed by atoms with Crippen molar-refractivity contribution in [3.63, 3.8) is 0 Å². The average Bonchev–Trinajstić information content (AvgIpc) is 3.16. The van der Waals surface area contributed by atoms with Crippen LogP contribution in [0.1, 0.15) is 29.8 Å². The summed E-state index contributed by atoms with van der Waals surface area (Å²) in [5, 5.41) is 4.57. The van der Waals surface area contributed by atoms with Gasteiger partial charge in [0, 0.05) is 49.2 Å². The third-order valence-corrected chi connectivity index (χ3v) is 7.27. The van der Waals surface area contributed by atoms with Crippen LogP contribution in [0.3, 0.4) is 0 Å². The standard InChI is InChI=1S/C25H27Cl2N5/c1-16-24(30-25(28-16)18-7-8-21(26)22(27)13-18)15-31-11-9-20(10-12-31)32-14-19-5-3-4-6-23(19)29-17(32)2/h3-8,13,20,29H,2,9-12,14-15H2,1H3,(H,28,30). The number of likely N-dealkylation sites (tertiary alicyclic amines) is 1. The van der Waals surface area contributed by atoms with Crippen molar-refractivity contribution in [3.8, 4) is 11.4 Å². The highest BCUT2D eigenvalue weighted by Crippen LogP contribution is 2.31. The van der Waals surface area contributed by atoms with E-state index in [4.69, 9.17) is 28.2 Å². The molecule has 0 radical (unpaired) electrons. The number of nitrogens with zero attached hydrogens (tertiary/aromatic N) is 3. The zero-order valence-electron chi connectivity index (χ0n) is 18.2. The number of anilines is 1. The first kappa shape index (κ1) is 21.4. The Morgan fingerprint density at radius 3 is 2.66 bits per heavy atom. The van der Waals surface area contributed by atoms with Crippen molar-refractivity contribution in [2.24, 2.45) is 0 Å². The van der Waals surface area contributed by atoms with Crippen LogP contribution in [0.15, 0.2) is 54.9 Å². The van der Waals surface area contributed by atoms with Gasteiger partial charge in [-0.05, 0) is 49.6 Å². The number of fused-ring (bicyclic) bond motifs is 1. The lowest BCUT2D eigenvalue weighted by molar-refractivity contribution is 0.122. The summed E-state index contributed by atoms with van der Waals surface area (Å²) >= 11 is 12.2. The van der Waals surface area contributed by atoms with Gasteiger partial charge >= 0.3 is 0 Å². The first-order valence-electron chi connectivity index (χ1n) is 11.0. The van der Waals surface area contributed by atoms with Crippen LogP contribution in [0.2, 0.25) is 10.0 Å². The summed E-state index contributed by atoms with van der Waals surface area (Å²) in [7, 11) is 0. The van der Waals surface area contributed by atoms with Crippen LogP contribution in [0.25, 0.3) is 11.4 Å². The number of benzene rings is 2. The van der Waals surface area contributed by atoms with Crippen molar-refractivity contribution in [1.29, 1.82) is 0 Å². The SMILES string of the molecule is C=C1Nc2ccccc2CN1C1CCN(Cc2nc(-c3ccc(Cl)c(Cl)c3)[nH]c2C)CC1. The Labute approximate surface area is 199 Å². The lowest BCUT2D eigenvalue weighted by Crippen LogP contribution is -2.46. The molecule has 1 aromatic heterocycles. The zero-order chi connectivity index (χ0) is 22.2. The monoisotopic (exact) mass is 467 g/mol. The van der Waals surface area contributed by atoms with Gasteiger partial charge < -0.3 is 15.2 Å². The van der Waals surface area contributed by atoms with E-state index >= 15 is 0 Å². The Kier molecular flexibility index (Phi) is 5.89. The van der Waals surface area contributed by atoms with Gasteiger partial charge in [0.15, 0.2) is 0 Å². The van der Waals surface area contributed by atoms with Crippen molar-refractivity contribution in [1.82, 2.24) is 19.8 Å². The molecule has 3 aromatic rings. The summed E-state index contributed by atoms with van der Waals surface area (Å²) in [5.41, 5.74) is 5.65. The maximum Gasteiger partial charge on any atom is 0.137 e. The lowest BCUT2D eigenvalue weighted by atomic mass is 10.00. The summed E-state index contributed by atoms with van der Waals surface area (Å²) in [6.45, 7) is 10.2. The van der Waals surface area contributed by atoms with E-state index in [0.29, 0.717) is 16.1 Å². The largest absolute Gasteiger partial charge is 0.351 e. The first-order valence-corrected chi connectivity index (χ1v) is 11.8. The molecule has 2 N–H and O–H groups in total. The van der Waals surface area contributed by atoms with Gasteiger partial charge in [-0.1, -0.05) is 48.0 Å². The van der Waals surface area contributed by atoms with E-state index in [1.54, 1.807) is 0 Å². The fourth-order valence-electron chi connectivity index (χ4n) is 4.67. The predicted molar refractivity (Wildman–Crippen MR) is 132 cm³/mol. The molecule has 1 fully saturated rings. The maximum atomic E-state index is 6.19. The van der Waals surface area contributed by atoms with E-state index in [-0.39, 0.29) is 0 Å². The summed E-state index contributed by atoms with van der Waals surface area (Å²) in [4.78, 5) is 13.2. The second-order valence-electron chi connectivity index (χ2n) is 8.65. The van der Waals surface area contributed by atoms with E-state index < -0.39 is 0 Å². The molecule has 32 heavy (non-hydrogen) atoms. The minimum Gasteiger partial charge on any atom is -0.351 e. The number of halogens is 2. The summed E-state index contributed by atoms with van der Waals surface area (Å²) in [5.74, 6) is 1.84. The second kappa shape index (κ2) is 8.81. The Morgan fingerprint density at radius 2 is 1.88 bits per heavy atom. The van der Waals surface area contributed by atoms with E-state index in [0.717, 1.165) is 67.6 Å². The van der Waals surface area contributed by atoms with Gasteiger partial charge in [-0.3, -0.25) is 4.90 Å². The zero-order valence-corrected chi connectivity index (χ0v) is 19.7. The van der Waals surface area contributed by atoms with Crippen LogP contribution in [0.4, 0.5) is 5.69 Å². The number of H-pyrrole nitrogens is 1. The first-order chi connectivity index (χ1) is 15.5. The predicted octanol–water partition coefficient (Wildman–Crippen LogP) is 6.06. The molecule has 5 nitrogen and oxygen atoms in total. The number of aromatic nitrogens is 2. The van der Waals surface area contributed by atoms with E-state index in [1.807, 2.05) is 18.2 Å². The van der Waals surface area contributed by atoms with Crippen molar-refractivity contribution in [2.75, 3.05) is 18.4 Å². The van der Waals surface area contributed by atoms with Crippen LogP contribution in [-0.2, 0) is 13.1 Å². The van der Waals surface area contributed by atoms with Gasteiger partial charge in [0.2, 0.25) is 0 Å². The van der Waals surface area contributed by atoms with Gasteiger partial charge in [0.1, 0.15) is 5.82 Å². The quantitative estimate of drug-likeness (QED) is 0.489. The van der Waals surface area contributed by atoms with Gasteiger partial charge in [-0.15, -0.1) is 0 Å². The van der Waals surface area contributed by atoms with Crippen LogP contribution < -0.4 is 5.32 Å². The number of nitrogens with one attached hydrogen (secondary N) is 2. The number of rotatable bonds is 4. The molecular formula is C25H27Cl2N5.